The van der Waals surface area contributed by atoms with Gasteiger partial charge in [-0.25, -0.2) is 0 Å². The number of methoxy groups -OCH3 is 2. The van der Waals surface area contributed by atoms with Gasteiger partial charge < -0.3 is 19.0 Å². The van der Waals surface area contributed by atoms with Crippen LogP contribution in [0, 0.1) is 0 Å². The minimum absolute atomic E-state index is 0.343. The summed E-state index contributed by atoms with van der Waals surface area (Å²) in [6.45, 7) is 0.748. The van der Waals surface area contributed by atoms with E-state index < -0.39 is 0 Å². The number of halogens is 1. The Hall–Kier alpha value is -2.21. The van der Waals surface area contributed by atoms with Crippen molar-refractivity contribution in [2.75, 3.05) is 27.4 Å². The summed E-state index contributed by atoms with van der Waals surface area (Å²) in [6, 6.07) is 13.2. The molecular weight excluding hydrogens is 362 g/mol. The largest absolute Gasteiger partial charge is 0.493 e. The maximum atomic E-state index is 5.55. The molecule has 0 aliphatic heterocycles. The average Bonchev–Trinajstić information content (AvgIpc) is 2.57. The average molecular weight is 380 g/mol. The van der Waals surface area contributed by atoms with E-state index in [4.69, 9.17) is 19.0 Å². The van der Waals surface area contributed by atoms with E-state index in [2.05, 4.69) is 21.1 Å². The molecular formula is C17H18BrNO4. The van der Waals surface area contributed by atoms with Crippen LogP contribution in [0.3, 0.4) is 0 Å². The molecule has 0 heterocycles. The molecule has 0 spiro atoms. The van der Waals surface area contributed by atoms with Crippen molar-refractivity contribution < 1.29 is 19.0 Å². The van der Waals surface area contributed by atoms with Gasteiger partial charge in [0, 0.05) is 10.0 Å². The molecule has 0 fully saturated rings. The van der Waals surface area contributed by atoms with Crippen molar-refractivity contribution in [3.63, 3.8) is 0 Å². The SMILES string of the molecule is COc1cccc(/C=N/OCCOc2cccc(Br)c2)c1OC. The Kier molecular flexibility index (Phi) is 6.75. The van der Waals surface area contributed by atoms with Crippen LogP contribution in [0.4, 0.5) is 0 Å². The van der Waals surface area contributed by atoms with Crippen molar-refractivity contribution >= 4 is 22.1 Å². The summed E-state index contributed by atoms with van der Waals surface area (Å²) in [5, 5.41) is 3.92. The molecule has 0 aliphatic carbocycles. The van der Waals surface area contributed by atoms with E-state index in [-0.39, 0.29) is 0 Å². The van der Waals surface area contributed by atoms with Gasteiger partial charge in [-0.1, -0.05) is 33.2 Å². The fourth-order valence-corrected chi connectivity index (χ4v) is 2.29. The van der Waals surface area contributed by atoms with Gasteiger partial charge in [-0.2, -0.15) is 0 Å². The first kappa shape index (κ1) is 17.1. The van der Waals surface area contributed by atoms with Gasteiger partial charge in [-0.05, 0) is 30.3 Å². The van der Waals surface area contributed by atoms with Gasteiger partial charge in [0.15, 0.2) is 18.1 Å². The van der Waals surface area contributed by atoms with Crippen molar-refractivity contribution in [3.05, 3.63) is 52.5 Å². The van der Waals surface area contributed by atoms with Gasteiger partial charge in [0.25, 0.3) is 0 Å². The quantitative estimate of drug-likeness (QED) is 0.396. The molecule has 2 aromatic carbocycles. The molecule has 0 N–H and O–H groups in total. The van der Waals surface area contributed by atoms with E-state index in [1.807, 2.05) is 42.5 Å². The molecule has 0 bridgehead atoms. The van der Waals surface area contributed by atoms with Gasteiger partial charge in [-0.15, -0.1) is 0 Å². The third-order valence-corrected chi connectivity index (χ3v) is 3.43. The van der Waals surface area contributed by atoms with Crippen LogP contribution in [0.25, 0.3) is 0 Å². The second-order valence-electron chi connectivity index (χ2n) is 4.46. The van der Waals surface area contributed by atoms with Crippen LogP contribution in [0.5, 0.6) is 17.2 Å². The second kappa shape index (κ2) is 9.05. The molecule has 0 radical (unpaired) electrons. The molecule has 0 amide bonds. The highest BCUT2D eigenvalue weighted by Crippen LogP contribution is 2.29. The standard InChI is InChI=1S/C17H18BrNO4/c1-20-16-8-3-5-13(17(16)21-2)12-19-23-10-9-22-15-7-4-6-14(18)11-15/h3-8,11-12H,9-10H2,1-2H3/b19-12+. The van der Waals surface area contributed by atoms with Crippen LogP contribution in [0.2, 0.25) is 0 Å². The fourth-order valence-electron chi connectivity index (χ4n) is 1.91. The van der Waals surface area contributed by atoms with Crippen LogP contribution in [-0.2, 0) is 4.84 Å². The molecule has 6 heteroatoms. The van der Waals surface area contributed by atoms with E-state index >= 15 is 0 Å². The van der Waals surface area contributed by atoms with Crippen molar-refractivity contribution in [2.45, 2.75) is 0 Å². The summed E-state index contributed by atoms with van der Waals surface area (Å²) < 4.78 is 17.1. The number of hydrogen-bond donors (Lipinski definition) is 0. The van der Waals surface area contributed by atoms with Crippen LogP contribution in [0.1, 0.15) is 5.56 Å². The van der Waals surface area contributed by atoms with E-state index in [0.717, 1.165) is 15.8 Å². The summed E-state index contributed by atoms with van der Waals surface area (Å²) >= 11 is 3.39. The number of para-hydroxylation sites is 1. The Balaban J connectivity index is 1.81. The Labute approximate surface area is 143 Å². The number of hydrogen-bond acceptors (Lipinski definition) is 5. The Bertz CT molecular complexity index is 661. The van der Waals surface area contributed by atoms with Crippen LogP contribution in [0.15, 0.2) is 52.1 Å². The van der Waals surface area contributed by atoms with Gasteiger partial charge in [0.1, 0.15) is 12.4 Å². The monoisotopic (exact) mass is 379 g/mol. The highest BCUT2D eigenvalue weighted by Gasteiger charge is 2.07. The number of ether oxygens (including phenoxy) is 3. The Morgan fingerprint density at radius 1 is 1.04 bits per heavy atom. The first-order valence-electron chi connectivity index (χ1n) is 6.99. The smallest absolute Gasteiger partial charge is 0.169 e. The molecule has 5 nitrogen and oxygen atoms in total. The molecule has 2 aromatic rings. The summed E-state index contributed by atoms with van der Waals surface area (Å²) in [6.07, 6.45) is 1.58. The molecule has 0 unspecified atom stereocenters. The van der Waals surface area contributed by atoms with Gasteiger partial charge in [0.2, 0.25) is 0 Å². The van der Waals surface area contributed by atoms with Gasteiger partial charge in [0.05, 0.1) is 20.4 Å². The zero-order valence-corrected chi connectivity index (χ0v) is 14.6. The lowest BCUT2D eigenvalue weighted by molar-refractivity contribution is 0.108. The van der Waals surface area contributed by atoms with Gasteiger partial charge >= 0.3 is 0 Å². The van der Waals surface area contributed by atoms with Crippen LogP contribution < -0.4 is 14.2 Å². The van der Waals surface area contributed by atoms with E-state index in [9.17, 15) is 0 Å². The minimum atomic E-state index is 0.343. The highest BCUT2D eigenvalue weighted by atomic mass is 79.9. The lowest BCUT2D eigenvalue weighted by atomic mass is 10.2. The molecule has 122 valence electrons. The first-order valence-corrected chi connectivity index (χ1v) is 7.78. The van der Waals surface area contributed by atoms with E-state index in [1.54, 1.807) is 20.4 Å². The number of rotatable bonds is 8. The molecule has 23 heavy (non-hydrogen) atoms. The number of nitrogens with zero attached hydrogens (tertiary/aromatic N) is 1. The molecule has 0 saturated heterocycles. The zero-order chi connectivity index (χ0) is 16.5. The van der Waals surface area contributed by atoms with Crippen LogP contribution in [-0.4, -0.2) is 33.6 Å². The lowest BCUT2D eigenvalue weighted by Gasteiger charge is -2.09. The van der Waals surface area contributed by atoms with Crippen molar-refractivity contribution in [2.24, 2.45) is 5.16 Å². The predicted octanol–water partition coefficient (Wildman–Crippen LogP) is 3.90. The molecule has 0 saturated carbocycles. The van der Waals surface area contributed by atoms with Gasteiger partial charge in [-0.3, -0.25) is 0 Å². The summed E-state index contributed by atoms with van der Waals surface area (Å²) in [7, 11) is 3.18. The topological polar surface area (TPSA) is 49.3 Å². The fraction of sp³-hybridized carbons (Fsp3) is 0.235. The Morgan fingerprint density at radius 2 is 1.87 bits per heavy atom. The maximum Gasteiger partial charge on any atom is 0.169 e. The van der Waals surface area contributed by atoms with E-state index in [0.29, 0.717) is 24.7 Å². The third-order valence-electron chi connectivity index (χ3n) is 2.94. The summed E-state index contributed by atoms with van der Waals surface area (Å²) in [5.41, 5.74) is 0.778. The number of benzene rings is 2. The highest BCUT2D eigenvalue weighted by molar-refractivity contribution is 9.10. The number of oxime groups is 1. The maximum absolute atomic E-state index is 5.55. The van der Waals surface area contributed by atoms with Crippen molar-refractivity contribution in [3.8, 4) is 17.2 Å². The minimum Gasteiger partial charge on any atom is -0.493 e. The zero-order valence-electron chi connectivity index (χ0n) is 13.0. The summed E-state index contributed by atoms with van der Waals surface area (Å²) in [5.74, 6) is 2.04. The van der Waals surface area contributed by atoms with Crippen molar-refractivity contribution in [1.29, 1.82) is 0 Å². The van der Waals surface area contributed by atoms with Crippen molar-refractivity contribution in [1.82, 2.24) is 0 Å². The summed E-state index contributed by atoms with van der Waals surface area (Å²) in [4.78, 5) is 5.20. The van der Waals surface area contributed by atoms with Crippen LogP contribution >= 0.6 is 15.9 Å². The molecule has 0 aromatic heterocycles. The predicted molar refractivity (Wildman–Crippen MR) is 92.7 cm³/mol. The molecule has 2 rings (SSSR count). The lowest BCUT2D eigenvalue weighted by Crippen LogP contribution is -2.04. The van der Waals surface area contributed by atoms with E-state index in [1.165, 1.54) is 0 Å². The second-order valence-corrected chi connectivity index (χ2v) is 5.37. The first-order chi connectivity index (χ1) is 11.2. The Morgan fingerprint density at radius 3 is 2.61 bits per heavy atom. The normalized spacial score (nSPS) is 10.6. The molecule has 0 atom stereocenters. The third kappa shape index (κ3) is 5.17. The molecule has 0 aliphatic rings.